The van der Waals surface area contributed by atoms with E-state index >= 15 is 0 Å². The van der Waals surface area contributed by atoms with Gasteiger partial charge in [-0.3, -0.25) is 15.5 Å². The smallest absolute Gasteiger partial charge is 0.334 e. The van der Waals surface area contributed by atoms with Crippen LogP contribution in [0.4, 0.5) is 16.2 Å². The van der Waals surface area contributed by atoms with E-state index in [2.05, 4.69) is 5.32 Å². The number of nitrogens with one attached hydrogen (secondary N) is 3. The van der Waals surface area contributed by atoms with Crippen LogP contribution >= 0.6 is 0 Å². The molecule has 11 heteroatoms. The van der Waals surface area contributed by atoms with Gasteiger partial charge in [0.15, 0.2) is 0 Å². The molecule has 10 nitrogen and oxygen atoms in total. The zero-order chi connectivity index (χ0) is 19.2. The average Bonchev–Trinajstić information content (AvgIpc) is 2.62. The van der Waals surface area contributed by atoms with E-state index in [4.69, 9.17) is 4.74 Å². The molecular weight excluding hydrogens is 364 g/mol. The number of urea groups is 1. The number of hydrazine groups is 1. The molecule has 0 spiro atoms. The van der Waals surface area contributed by atoms with Gasteiger partial charge in [0.2, 0.25) is 0 Å². The highest BCUT2D eigenvalue weighted by atomic mass is 32.2. The first-order chi connectivity index (χ1) is 12.3. The number of non-ortho nitro benzene ring substituents is 1. The number of nitro benzene ring substituents is 1. The molecule has 0 saturated carbocycles. The van der Waals surface area contributed by atoms with Crippen LogP contribution in [0.25, 0.3) is 0 Å². The molecule has 0 saturated heterocycles. The Hall–Kier alpha value is -3.18. The molecule has 0 aliphatic heterocycles. The molecule has 0 aliphatic carbocycles. The molecule has 2 aromatic rings. The molecule has 2 amide bonds. The molecule has 0 unspecified atom stereocenters. The van der Waals surface area contributed by atoms with Crippen molar-refractivity contribution in [3.05, 3.63) is 58.6 Å². The van der Waals surface area contributed by atoms with E-state index in [1.54, 1.807) is 24.3 Å². The van der Waals surface area contributed by atoms with Crippen molar-refractivity contribution in [2.24, 2.45) is 0 Å². The maximum absolute atomic E-state index is 12.1. The Morgan fingerprint density at radius 3 is 2.50 bits per heavy atom. The maximum Gasteiger partial charge on any atom is 0.334 e. The summed E-state index contributed by atoms with van der Waals surface area (Å²) in [5, 5.41) is 13.1. The molecular formula is C15H16N4O6S. The highest BCUT2D eigenvalue weighted by Crippen LogP contribution is 2.17. The topological polar surface area (TPSA) is 140 Å². The number of hydrogen-bond donors (Lipinski definition) is 3. The highest BCUT2D eigenvalue weighted by molar-refractivity contribution is 7.89. The molecule has 0 bridgehead atoms. The summed E-state index contributed by atoms with van der Waals surface area (Å²) in [5.41, 5.74) is 2.00. The molecule has 2 aromatic carbocycles. The fourth-order valence-electron chi connectivity index (χ4n) is 1.90. The zero-order valence-electron chi connectivity index (χ0n) is 13.6. The second-order valence-corrected chi connectivity index (χ2v) is 6.58. The van der Waals surface area contributed by atoms with Gasteiger partial charge in [-0.2, -0.15) is 0 Å². The molecule has 0 fully saturated rings. The van der Waals surface area contributed by atoms with E-state index in [1.165, 1.54) is 12.1 Å². The van der Waals surface area contributed by atoms with E-state index in [1.807, 2.05) is 17.2 Å². The number of sulfonamides is 1. The summed E-state index contributed by atoms with van der Waals surface area (Å²) in [7, 11) is -4.16. The van der Waals surface area contributed by atoms with Crippen molar-refractivity contribution in [1.29, 1.82) is 0 Å². The minimum absolute atomic E-state index is 0.354. The van der Waals surface area contributed by atoms with Crippen LogP contribution in [0.3, 0.4) is 0 Å². The minimum Gasteiger partial charge on any atom is -0.494 e. The lowest BCUT2D eigenvalue weighted by Gasteiger charge is -2.10. The van der Waals surface area contributed by atoms with Gasteiger partial charge in [-0.1, -0.05) is 6.07 Å². The fraction of sp³-hybridized carbons (Fsp3) is 0.133. The van der Waals surface area contributed by atoms with Crippen LogP contribution < -0.4 is 20.3 Å². The SMILES string of the molecule is CCOc1ccc(NC(=O)NNS(=O)(=O)c2cccc([N+](=O)[O-])c2)cc1. The van der Waals surface area contributed by atoms with Gasteiger partial charge in [0.05, 0.1) is 16.4 Å². The number of nitrogens with zero attached hydrogens (tertiary/aromatic N) is 1. The van der Waals surface area contributed by atoms with Crippen LogP contribution in [0, 0.1) is 10.1 Å². The summed E-state index contributed by atoms with van der Waals surface area (Å²) in [6, 6.07) is 10.1. The van der Waals surface area contributed by atoms with Crippen molar-refractivity contribution in [3.63, 3.8) is 0 Å². The van der Waals surface area contributed by atoms with Crippen molar-refractivity contribution in [1.82, 2.24) is 10.3 Å². The number of rotatable bonds is 7. The number of amides is 2. The van der Waals surface area contributed by atoms with Crippen molar-refractivity contribution in [2.45, 2.75) is 11.8 Å². The quantitative estimate of drug-likeness (QED) is 0.496. The number of carbonyl (C=O) groups excluding carboxylic acids is 1. The van der Waals surface area contributed by atoms with Crippen LogP contribution in [-0.4, -0.2) is 26.0 Å². The first-order valence-electron chi connectivity index (χ1n) is 7.38. The lowest BCUT2D eigenvalue weighted by Crippen LogP contribution is -2.43. The van der Waals surface area contributed by atoms with Crippen molar-refractivity contribution < 1.29 is 22.9 Å². The second kappa shape index (κ2) is 8.27. The van der Waals surface area contributed by atoms with Gasteiger partial charge in [0.25, 0.3) is 15.7 Å². The zero-order valence-corrected chi connectivity index (χ0v) is 14.4. The van der Waals surface area contributed by atoms with Gasteiger partial charge >= 0.3 is 6.03 Å². The number of ether oxygens (including phenoxy) is 1. The van der Waals surface area contributed by atoms with Crippen LogP contribution in [0.15, 0.2) is 53.4 Å². The molecule has 0 heterocycles. The van der Waals surface area contributed by atoms with Crippen LogP contribution in [0.2, 0.25) is 0 Å². The monoisotopic (exact) mass is 380 g/mol. The molecule has 0 atom stereocenters. The Bertz CT molecular complexity index is 899. The van der Waals surface area contributed by atoms with Crippen LogP contribution in [0.5, 0.6) is 5.75 Å². The minimum atomic E-state index is -4.16. The summed E-state index contributed by atoms with van der Waals surface area (Å²) in [6.45, 7) is 2.35. The Labute approximate surface area is 149 Å². The van der Waals surface area contributed by atoms with E-state index in [-0.39, 0.29) is 10.6 Å². The van der Waals surface area contributed by atoms with Gasteiger partial charge in [-0.05, 0) is 37.3 Å². The first-order valence-corrected chi connectivity index (χ1v) is 8.86. The van der Waals surface area contributed by atoms with Gasteiger partial charge in [0.1, 0.15) is 5.75 Å². The number of anilines is 1. The third-order valence-corrected chi connectivity index (χ3v) is 4.31. The lowest BCUT2D eigenvalue weighted by molar-refractivity contribution is -0.385. The predicted octanol–water partition coefficient (Wildman–Crippen LogP) is 2.01. The summed E-state index contributed by atoms with van der Waals surface area (Å²) >= 11 is 0. The van der Waals surface area contributed by atoms with Crippen LogP contribution in [0.1, 0.15) is 6.92 Å². The maximum atomic E-state index is 12.1. The number of carbonyl (C=O) groups is 1. The van der Waals surface area contributed by atoms with Gasteiger partial charge in [-0.15, -0.1) is 4.83 Å². The summed E-state index contributed by atoms with van der Waals surface area (Å²) < 4.78 is 29.4. The van der Waals surface area contributed by atoms with E-state index in [9.17, 15) is 23.3 Å². The van der Waals surface area contributed by atoms with Gasteiger partial charge < -0.3 is 10.1 Å². The second-order valence-electron chi connectivity index (χ2n) is 4.90. The average molecular weight is 380 g/mol. The normalized spacial score (nSPS) is 10.8. The number of nitro groups is 1. The predicted molar refractivity (Wildman–Crippen MR) is 93.2 cm³/mol. The molecule has 0 aliphatic rings. The van der Waals surface area contributed by atoms with Crippen molar-refractivity contribution in [2.75, 3.05) is 11.9 Å². The third-order valence-electron chi connectivity index (χ3n) is 3.06. The van der Waals surface area contributed by atoms with Gasteiger partial charge in [-0.25, -0.2) is 13.2 Å². The molecule has 0 radical (unpaired) electrons. The standard InChI is InChI=1S/C15H16N4O6S/c1-2-25-13-8-6-11(7-9-13)16-15(20)17-18-26(23,24)14-5-3-4-12(10-14)19(21)22/h3-10,18H,2H2,1H3,(H2,16,17,20). The molecule has 26 heavy (non-hydrogen) atoms. The van der Waals surface area contributed by atoms with Crippen LogP contribution in [-0.2, 0) is 10.0 Å². The van der Waals surface area contributed by atoms with Gasteiger partial charge in [0, 0.05) is 17.8 Å². The summed E-state index contributed by atoms with van der Waals surface area (Å²) in [4.78, 5) is 23.3. The van der Waals surface area contributed by atoms with Crippen molar-refractivity contribution >= 4 is 27.4 Å². The number of hydrogen-bond acceptors (Lipinski definition) is 6. The van der Waals surface area contributed by atoms with E-state index in [0.29, 0.717) is 18.0 Å². The molecule has 0 aromatic heterocycles. The third kappa shape index (κ3) is 5.16. The lowest BCUT2D eigenvalue weighted by atomic mass is 10.3. The Morgan fingerprint density at radius 1 is 1.19 bits per heavy atom. The van der Waals surface area contributed by atoms with Crippen molar-refractivity contribution in [3.8, 4) is 5.75 Å². The largest absolute Gasteiger partial charge is 0.494 e. The van der Waals surface area contributed by atoms with E-state index < -0.39 is 21.0 Å². The Balaban J connectivity index is 1.97. The summed E-state index contributed by atoms with van der Waals surface area (Å²) in [5.74, 6) is 0.629. The Morgan fingerprint density at radius 2 is 1.88 bits per heavy atom. The van der Waals surface area contributed by atoms with E-state index in [0.717, 1.165) is 12.1 Å². The summed E-state index contributed by atoms with van der Waals surface area (Å²) in [6.07, 6.45) is 0. The highest BCUT2D eigenvalue weighted by Gasteiger charge is 2.18. The first kappa shape index (κ1) is 19.1. The molecule has 2 rings (SSSR count). The number of benzene rings is 2. The Kier molecular flexibility index (Phi) is 6.09. The fourth-order valence-corrected chi connectivity index (χ4v) is 2.78. The molecule has 3 N–H and O–H groups in total. The molecule has 138 valence electrons.